The van der Waals surface area contributed by atoms with Crippen LogP contribution in [0.15, 0.2) is 12.1 Å². The molecule has 0 aliphatic heterocycles. The van der Waals surface area contributed by atoms with Crippen molar-refractivity contribution in [2.75, 3.05) is 6.61 Å². The smallest absolute Gasteiger partial charge is 0.175 e. The minimum atomic E-state index is 0.0941. The van der Waals surface area contributed by atoms with Crippen molar-refractivity contribution in [1.29, 1.82) is 0 Å². The molecule has 2 nitrogen and oxygen atoms in total. The Bertz CT molecular complexity index is 221. The number of hydrogen-bond acceptors (Lipinski definition) is 3. The summed E-state index contributed by atoms with van der Waals surface area (Å²) in [7, 11) is 0. The zero-order valence-electron chi connectivity index (χ0n) is 5.04. The lowest BCUT2D eigenvalue weighted by Crippen LogP contribution is -1.94. The van der Waals surface area contributed by atoms with E-state index in [0.717, 1.165) is 0 Å². The van der Waals surface area contributed by atoms with Gasteiger partial charge in [-0.2, -0.15) is 0 Å². The minimum absolute atomic E-state index is 0.0941. The standard InChI is InChI=1S/C6H5ClO2S/c7-5-1-2-6(10-5)9-4-3-8/h1-3H,4H2. The molecule has 0 spiro atoms. The molecule has 1 aromatic rings. The van der Waals surface area contributed by atoms with E-state index in [1.165, 1.54) is 11.3 Å². The third-order valence-electron chi connectivity index (χ3n) is 0.842. The molecule has 0 aliphatic rings. The first-order chi connectivity index (χ1) is 4.83. The highest BCUT2D eigenvalue weighted by Gasteiger charge is 1.95. The zero-order valence-corrected chi connectivity index (χ0v) is 6.61. The van der Waals surface area contributed by atoms with Gasteiger partial charge in [-0.3, -0.25) is 4.79 Å². The van der Waals surface area contributed by atoms with Gasteiger partial charge in [-0.25, -0.2) is 0 Å². The number of ether oxygens (including phenoxy) is 1. The molecule has 54 valence electrons. The average Bonchev–Trinajstić information content (AvgIpc) is 2.31. The summed E-state index contributed by atoms with van der Waals surface area (Å²) in [5, 5.41) is 0.678. The van der Waals surface area contributed by atoms with E-state index in [4.69, 9.17) is 16.3 Å². The van der Waals surface area contributed by atoms with Crippen LogP contribution in [0.5, 0.6) is 5.06 Å². The van der Waals surface area contributed by atoms with E-state index in [1.807, 2.05) is 0 Å². The molecule has 0 aliphatic carbocycles. The predicted octanol–water partition coefficient (Wildman–Crippen LogP) is 1.98. The lowest BCUT2D eigenvalue weighted by Gasteiger charge is -1.93. The van der Waals surface area contributed by atoms with Gasteiger partial charge < -0.3 is 4.74 Å². The van der Waals surface area contributed by atoms with Crippen molar-refractivity contribution in [2.24, 2.45) is 0 Å². The van der Waals surface area contributed by atoms with Gasteiger partial charge in [0.15, 0.2) is 11.3 Å². The highest BCUT2D eigenvalue weighted by Crippen LogP contribution is 2.27. The van der Waals surface area contributed by atoms with E-state index in [9.17, 15) is 4.79 Å². The third kappa shape index (κ3) is 2.01. The first-order valence-electron chi connectivity index (χ1n) is 2.64. The summed E-state index contributed by atoms with van der Waals surface area (Å²) in [6, 6.07) is 3.46. The van der Waals surface area contributed by atoms with Crippen LogP contribution in [0.2, 0.25) is 4.34 Å². The molecule has 0 radical (unpaired) electrons. The predicted molar refractivity (Wildman–Crippen MR) is 40.9 cm³/mol. The Morgan fingerprint density at radius 2 is 2.50 bits per heavy atom. The Hall–Kier alpha value is -0.540. The topological polar surface area (TPSA) is 26.3 Å². The molecule has 0 aromatic carbocycles. The van der Waals surface area contributed by atoms with Crippen LogP contribution in [-0.4, -0.2) is 12.9 Å². The maximum absolute atomic E-state index is 9.83. The lowest BCUT2D eigenvalue weighted by atomic mass is 10.6. The summed E-state index contributed by atoms with van der Waals surface area (Å²) >= 11 is 6.90. The van der Waals surface area contributed by atoms with E-state index in [-0.39, 0.29) is 6.61 Å². The number of aldehydes is 1. The van der Waals surface area contributed by atoms with Crippen LogP contribution in [0.1, 0.15) is 0 Å². The maximum Gasteiger partial charge on any atom is 0.175 e. The van der Waals surface area contributed by atoms with Crippen molar-refractivity contribution in [1.82, 2.24) is 0 Å². The van der Waals surface area contributed by atoms with Gasteiger partial charge in [-0.15, -0.1) is 0 Å². The molecular formula is C6H5ClO2S. The highest BCUT2D eigenvalue weighted by molar-refractivity contribution is 7.17. The van der Waals surface area contributed by atoms with Crippen LogP contribution in [0, 0.1) is 0 Å². The zero-order chi connectivity index (χ0) is 7.40. The Morgan fingerprint density at radius 3 is 3.00 bits per heavy atom. The number of rotatable bonds is 3. The third-order valence-corrected chi connectivity index (χ3v) is 1.99. The van der Waals surface area contributed by atoms with Crippen LogP contribution < -0.4 is 4.74 Å². The molecular weight excluding hydrogens is 172 g/mol. The van der Waals surface area contributed by atoms with E-state index in [1.54, 1.807) is 12.1 Å². The quantitative estimate of drug-likeness (QED) is 0.659. The van der Waals surface area contributed by atoms with E-state index < -0.39 is 0 Å². The fraction of sp³-hybridized carbons (Fsp3) is 0.167. The second kappa shape index (κ2) is 3.58. The van der Waals surface area contributed by atoms with Crippen molar-refractivity contribution >= 4 is 29.2 Å². The molecule has 10 heavy (non-hydrogen) atoms. The van der Waals surface area contributed by atoms with Gasteiger partial charge in [0.2, 0.25) is 0 Å². The normalized spacial score (nSPS) is 9.30. The monoisotopic (exact) mass is 176 g/mol. The Kier molecular flexibility index (Phi) is 2.71. The van der Waals surface area contributed by atoms with Gasteiger partial charge in [0, 0.05) is 0 Å². The van der Waals surface area contributed by atoms with Gasteiger partial charge in [-0.1, -0.05) is 22.9 Å². The molecule has 0 unspecified atom stereocenters. The highest BCUT2D eigenvalue weighted by atomic mass is 35.5. The Morgan fingerprint density at radius 1 is 1.70 bits per heavy atom. The van der Waals surface area contributed by atoms with E-state index in [2.05, 4.69) is 0 Å². The number of thiophene rings is 1. The molecule has 0 bridgehead atoms. The SMILES string of the molecule is O=CCOc1ccc(Cl)s1. The average molecular weight is 177 g/mol. The van der Waals surface area contributed by atoms with Crippen LogP contribution in [0.3, 0.4) is 0 Å². The molecule has 0 saturated heterocycles. The van der Waals surface area contributed by atoms with Crippen molar-refractivity contribution in [3.05, 3.63) is 16.5 Å². The summed E-state index contributed by atoms with van der Waals surface area (Å²) in [4.78, 5) is 9.83. The van der Waals surface area contributed by atoms with Gasteiger partial charge >= 0.3 is 0 Å². The Balaban J connectivity index is 2.49. The number of halogens is 1. The van der Waals surface area contributed by atoms with E-state index >= 15 is 0 Å². The van der Waals surface area contributed by atoms with Crippen molar-refractivity contribution in [2.45, 2.75) is 0 Å². The van der Waals surface area contributed by atoms with E-state index in [0.29, 0.717) is 15.7 Å². The molecule has 0 amide bonds. The van der Waals surface area contributed by atoms with Gasteiger partial charge in [0.25, 0.3) is 0 Å². The Labute approximate surface area is 67.4 Å². The first kappa shape index (κ1) is 7.57. The summed E-state index contributed by atoms with van der Waals surface area (Å²) in [6.07, 6.45) is 0.702. The fourth-order valence-electron chi connectivity index (χ4n) is 0.491. The molecule has 4 heteroatoms. The second-order valence-electron chi connectivity index (χ2n) is 1.54. The number of hydrogen-bond donors (Lipinski definition) is 0. The number of carbonyl (C=O) groups excluding carboxylic acids is 1. The summed E-state index contributed by atoms with van der Waals surface area (Å²) < 4.78 is 5.61. The summed E-state index contributed by atoms with van der Waals surface area (Å²) in [5.74, 6) is 0. The minimum Gasteiger partial charge on any atom is -0.477 e. The number of carbonyl (C=O) groups is 1. The maximum atomic E-state index is 9.83. The molecule has 1 heterocycles. The molecule has 1 rings (SSSR count). The molecule has 0 N–H and O–H groups in total. The second-order valence-corrected chi connectivity index (χ2v) is 3.21. The molecule has 0 saturated carbocycles. The summed E-state index contributed by atoms with van der Waals surface area (Å²) in [5.41, 5.74) is 0. The molecule has 0 fully saturated rings. The van der Waals surface area contributed by atoms with Crippen molar-refractivity contribution in [3.8, 4) is 5.06 Å². The van der Waals surface area contributed by atoms with Crippen molar-refractivity contribution < 1.29 is 9.53 Å². The van der Waals surface area contributed by atoms with Gasteiger partial charge in [0.05, 0.1) is 4.34 Å². The van der Waals surface area contributed by atoms with Crippen molar-refractivity contribution in [3.63, 3.8) is 0 Å². The van der Waals surface area contributed by atoms with Crippen LogP contribution in [-0.2, 0) is 4.79 Å². The lowest BCUT2D eigenvalue weighted by molar-refractivity contribution is -0.109. The van der Waals surface area contributed by atoms with Crippen LogP contribution in [0.25, 0.3) is 0 Å². The van der Waals surface area contributed by atoms with Crippen LogP contribution >= 0.6 is 22.9 Å². The first-order valence-corrected chi connectivity index (χ1v) is 3.84. The van der Waals surface area contributed by atoms with Gasteiger partial charge in [-0.05, 0) is 12.1 Å². The van der Waals surface area contributed by atoms with Gasteiger partial charge in [0.1, 0.15) is 6.61 Å². The van der Waals surface area contributed by atoms with Crippen LogP contribution in [0.4, 0.5) is 0 Å². The molecule has 0 atom stereocenters. The largest absolute Gasteiger partial charge is 0.477 e. The summed E-state index contributed by atoms with van der Waals surface area (Å²) in [6.45, 7) is 0.0941. The molecule has 1 aromatic heterocycles. The fourth-order valence-corrected chi connectivity index (χ4v) is 1.37.